The van der Waals surface area contributed by atoms with Crippen LogP contribution in [0.15, 0.2) is 60.7 Å². The molecule has 0 aromatic heterocycles. The van der Waals surface area contributed by atoms with Crippen LogP contribution in [0, 0.1) is 23.7 Å². The number of carbonyl (C=O) groups is 12. The van der Waals surface area contributed by atoms with Crippen LogP contribution in [0.3, 0.4) is 0 Å². The van der Waals surface area contributed by atoms with Gasteiger partial charge in [0.25, 0.3) is 0 Å². The van der Waals surface area contributed by atoms with Gasteiger partial charge < -0.3 is 128 Å². The molecule has 25 nitrogen and oxygen atoms in total. The van der Waals surface area contributed by atoms with Crippen LogP contribution < -0.4 is 65.6 Å². The molecule has 564 valence electrons. The normalized spacial score (nSPS) is 6.97. The van der Waals surface area contributed by atoms with Crippen LogP contribution in [0.1, 0.15) is 196 Å². The van der Waals surface area contributed by atoms with Crippen molar-refractivity contribution >= 4 is 80.6 Å². The lowest BCUT2D eigenvalue weighted by Crippen LogP contribution is -2.33. The van der Waals surface area contributed by atoms with Crippen LogP contribution in [-0.4, -0.2) is 145 Å². The minimum atomic E-state index is -0.167. The monoisotopic (exact) mass is 1320 g/mol. The predicted octanol–water partition coefficient (Wildman–Crippen LogP) is 12.8. The number of rotatable bonds is 5. The standard InChI is InChI=1S/2C8H10.C7H13NO.3C5H12.C4H10.C3H8O.2C2H6.5CH5N.11CH2O.6H3N.H2/c2*1-2-8-6-4-3-5-7-8;1-7(9)8-5-3-2-4-6-8;3*1-4-5(2)3;1-4(2)3;1-3(2)4;18*1-2;;;;;;;/h2*3-7H,2H2,1H3;2-6H2,1H3;3*5H,4H2,1-3H3;4H,1-3H3;3-4H,1-2H3;2*1-2H3;5*2H2,1H3;11*1H2;6*1H3;1H. The molecule has 1 amide bonds. The lowest BCUT2D eigenvalue weighted by atomic mass is 10.1. The van der Waals surface area contributed by atoms with E-state index in [9.17, 15) is 4.79 Å². The van der Waals surface area contributed by atoms with Crippen LogP contribution in [0.2, 0.25) is 0 Å². The first-order valence-electron chi connectivity index (χ1n) is 27.5. The molecule has 3 rings (SSSR count). The first kappa shape index (κ1) is 191. The summed E-state index contributed by atoms with van der Waals surface area (Å²) in [6, 6.07) is 20.9. The summed E-state index contributed by atoms with van der Waals surface area (Å²) in [7, 11) is 7.50. The van der Waals surface area contributed by atoms with Gasteiger partial charge in [0.1, 0.15) is 74.7 Å². The molecular weight excluding hydrogens is 1160 g/mol. The Hall–Kier alpha value is -6.20. The number of nitrogens with two attached hydrogens (primary N) is 5. The van der Waals surface area contributed by atoms with E-state index in [2.05, 4.69) is 174 Å². The maximum Gasteiger partial charge on any atom is 0.219 e. The summed E-state index contributed by atoms with van der Waals surface area (Å²) >= 11 is 0. The molecule has 1 fully saturated rings. The molecule has 0 atom stereocenters. The third kappa shape index (κ3) is 528. The second kappa shape index (κ2) is 333. The van der Waals surface area contributed by atoms with Gasteiger partial charge in [-0.2, -0.15) is 0 Å². The molecule has 1 aliphatic rings. The van der Waals surface area contributed by atoms with Crippen molar-refractivity contribution in [3.8, 4) is 0 Å². The summed E-state index contributed by atoms with van der Waals surface area (Å²) in [4.78, 5) is 101. The van der Waals surface area contributed by atoms with Gasteiger partial charge in [0.15, 0.2) is 0 Å². The van der Waals surface area contributed by atoms with Gasteiger partial charge in [0.05, 0.1) is 0 Å². The Morgan fingerprint density at radius 2 is 0.500 bits per heavy atom. The SMILES string of the molecule is C=O.C=O.C=O.C=O.C=O.C=O.C=O.C=O.C=O.C=O.C=O.CC.CC.CC(=O)N1CCCCC1.CC(C)C.CC(C)O.CCC(C)C.CCC(C)C.CCC(C)C.CCc1ccccc1.CCc1ccccc1.CN.CN.CN.CN.CN.N.N.N.N.N.N.[HH]. The third-order valence-corrected chi connectivity index (χ3v) is 6.75. The first-order valence-corrected chi connectivity index (χ1v) is 27.5. The topological polar surface area (TPSA) is 568 Å². The molecule has 0 saturated carbocycles. The van der Waals surface area contributed by atoms with E-state index in [1.165, 1.54) is 84.9 Å². The molecule has 1 saturated heterocycles. The molecule has 2 aromatic carbocycles. The van der Waals surface area contributed by atoms with E-state index in [4.69, 9.17) is 57.8 Å². The van der Waals surface area contributed by atoms with Gasteiger partial charge in [-0.15, -0.1) is 0 Å². The molecule has 2 aromatic rings. The van der Waals surface area contributed by atoms with Gasteiger partial charge >= 0.3 is 0 Å². The summed E-state index contributed by atoms with van der Waals surface area (Å²) in [5.74, 6) is 3.72. The van der Waals surface area contributed by atoms with Crippen molar-refractivity contribution in [2.75, 3.05) is 48.3 Å². The van der Waals surface area contributed by atoms with Gasteiger partial charge in [-0.1, -0.05) is 205 Å². The smallest absolute Gasteiger partial charge is 0.219 e. The molecule has 1 heterocycles. The molecule has 0 radical (unpaired) electrons. The second-order valence-electron chi connectivity index (χ2n) is 14.5. The Kier molecular flexibility index (Phi) is 707. The Bertz CT molecular complexity index is 975. The van der Waals surface area contributed by atoms with Crippen LogP contribution in [-0.2, 0) is 70.4 Å². The van der Waals surface area contributed by atoms with E-state index in [1.807, 2.05) is 119 Å². The highest BCUT2D eigenvalue weighted by Gasteiger charge is 2.11. The summed E-state index contributed by atoms with van der Waals surface area (Å²) in [6.45, 7) is 67.8. The van der Waals surface area contributed by atoms with E-state index in [-0.39, 0.29) is 50.3 Å². The predicted molar refractivity (Wildman–Crippen MR) is 405 cm³/mol. The number of amides is 1. The zero-order valence-corrected chi connectivity index (χ0v) is 63.9. The highest BCUT2D eigenvalue weighted by Crippen LogP contribution is 2.07. The van der Waals surface area contributed by atoms with Crippen molar-refractivity contribution in [1.29, 1.82) is 0 Å². The van der Waals surface area contributed by atoms with Crippen LogP contribution >= 0.6 is 0 Å². The van der Waals surface area contributed by atoms with E-state index < -0.39 is 0 Å². The minimum Gasteiger partial charge on any atom is -0.394 e. The molecule has 0 bridgehead atoms. The lowest BCUT2D eigenvalue weighted by Gasteiger charge is -2.24. The fourth-order valence-corrected chi connectivity index (χ4v) is 2.64. The summed E-state index contributed by atoms with van der Waals surface area (Å²) < 4.78 is 0. The lowest BCUT2D eigenvalue weighted by molar-refractivity contribution is -0.129. The molecule has 29 N–H and O–H groups in total. The zero-order chi connectivity index (χ0) is 74.3. The Morgan fingerprint density at radius 1 is 0.378 bits per heavy atom. The van der Waals surface area contributed by atoms with E-state index in [1.54, 1.807) is 20.8 Å². The number of aryl methyl sites for hydroxylation is 2. The molecule has 0 spiro atoms. The minimum absolute atomic E-state index is 0. The average Bonchev–Trinajstić information content (AvgIpc) is 3.60. The van der Waals surface area contributed by atoms with Gasteiger partial charge in [-0.05, 0) is 116 Å². The number of carbonyl (C=O) groups excluding carboxylic acids is 12. The summed E-state index contributed by atoms with van der Waals surface area (Å²) in [6.07, 6.45) is 9.71. The molecule has 1 aliphatic heterocycles. The fraction of sp³-hybridized carbons (Fsp3) is 0.631. The van der Waals surface area contributed by atoms with Gasteiger partial charge in [0.2, 0.25) is 5.91 Å². The quantitative estimate of drug-likeness (QED) is 0.132. The van der Waals surface area contributed by atoms with Crippen molar-refractivity contribution in [3.63, 3.8) is 0 Å². The van der Waals surface area contributed by atoms with Crippen molar-refractivity contribution in [2.45, 2.75) is 203 Å². The number of benzene rings is 2. The van der Waals surface area contributed by atoms with Crippen LogP contribution in [0.4, 0.5) is 0 Å². The zero-order valence-electron chi connectivity index (χ0n) is 63.9. The molecule has 0 unspecified atom stereocenters. The second-order valence-corrected chi connectivity index (χ2v) is 14.5. The number of piperidine rings is 1. The van der Waals surface area contributed by atoms with E-state index in [0.29, 0.717) is 0 Å². The number of nitrogens with zero attached hydrogens (tertiary/aromatic N) is 1. The first-order chi connectivity index (χ1) is 40.4. The largest absolute Gasteiger partial charge is 0.394 e. The van der Waals surface area contributed by atoms with E-state index in [0.717, 1.165) is 49.6 Å². The Morgan fingerprint density at radius 3 is 0.567 bits per heavy atom. The van der Waals surface area contributed by atoms with Crippen molar-refractivity contribution in [2.24, 2.45) is 52.3 Å². The summed E-state index contributed by atoms with van der Waals surface area (Å²) in [5.41, 5.74) is 25.3. The number of aliphatic hydroxyl groups excluding tert-OH is 1. The third-order valence-electron chi connectivity index (χ3n) is 6.75. The fourth-order valence-electron chi connectivity index (χ4n) is 2.64. The molecule has 90 heavy (non-hydrogen) atoms. The number of hydrogen-bond donors (Lipinski definition) is 12. The Balaban J connectivity index is -0.0000000155. The highest BCUT2D eigenvalue weighted by molar-refractivity contribution is 5.73. The van der Waals surface area contributed by atoms with Crippen molar-refractivity contribution in [3.05, 3.63) is 71.8 Å². The van der Waals surface area contributed by atoms with Gasteiger partial charge in [-0.25, -0.2) is 0 Å². The maximum absolute atomic E-state index is 10.7. The van der Waals surface area contributed by atoms with E-state index >= 15 is 0 Å². The van der Waals surface area contributed by atoms with Crippen LogP contribution in [0.25, 0.3) is 0 Å². The van der Waals surface area contributed by atoms with Crippen molar-refractivity contribution in [1.82, 2.24) is 41.8 Å². The average molecular weight is 1320 g/mol. The van der Waals surface area contributed by atoms with Gasteiger partial charge in [0, 0.05) is 27.5 Å². The van der Waals surface area contributed by atoms with Crippen molar-refractivity contribution < 1.29 is 64.1 Å². The molecule has 25 heteroatoms. The number of likely N-dealkylation sites (tertiary alicyclic amines) is 1. The number of aliphatic hydroxyl groups is 1. The molecular formula is C65H166N12O13. The molecule has 0 aliphatic carbocycles. The highest BCUT2D eigenvalue weighted by atomic mass is 16.3. The van der Waals surface area contributed by atoms with Crippen LogP contribution in [0.5, 0.6) is 0 Å². The van der Waals surface area contributed by atoms with Gasteiger partial charge in [-0.3, -0.25) is 4.79 Å². The number of hydrogen-bond acceptors (Lipinski definition) is 24. The Labute approximate surface area is 559 Å². The summed E-state index contributed by atoms with van der Waals surface area (Å²) in [5, 5.41) is 8.06. The maximum atomic E-state index is 10.7.